The number of allylic oxidation sites excluding steroid dienone is 2. The van der Waals surface area contributed by atoms with Crippen molar-refractivity contribution >= 4 is 0 Å². The Morgan fingerprint density at radius 2 is 0.875 bits per heavy atom. The molecule has 0 rings (SSSR count). The summed E-state index contributed by atoms with van der Waals surface area (Å²) in [6, 6.07) is 0. The van der Waals surface area contributed by atoms with E-state index < -0.39 is 0 Å². The van der Waals surface area contributed by atoms with Crippen molar-refractivity contribution in [3.05, 3.63) is 23.7 Å². The highest BCUT2D eigenvalue weighted by Gasteiger charge is 1.91. The summed E-state index contributed by atoms with van der Waals surface area (Å²) in [4.78, 5) is 0. The molecular formula is C21H42O3. The predicted molar refractivity (Wildman–Crippen MR) is 105 cm³/mol. The highest BCUT2D eigenvalue weighted by molar-refractivity contribution is 5.00. The Bertz CT molecular complexity index is 255. The number of rotatable bonds is 14. The molecule has 0 atom stereocenters. The number of unbranched alkanes of at least 4 members (excludes halogenated alkanes) is 6. The van der Waals surface area contributed by atoms with E-state index in [0.717, 1.165) is 51.4 Å². The molecule has 3 nitrogen and oxygen atoms in total. The third kappa shape index (κ3) is 19.2. The second kappa shape index (κ2) is 22.2. The summed E-state index contributed by atoms with van der Waals surface area (Å²) in [5, 5.41) is 16.9. The van der Waals surface area contributed by atoms with Crippen LogP contribution in [0.2, 0.25) is 0 Å². The fraction of sp³-hybridized carbons (Fsp3) is 0.810. The van der Waals surface area contributed by atoms with Crippen LogP contribution < -0.4 is 0 Å². The first kappa shape index (κ1) is 25.4. The van der Waals surface area contributed by atoms with Crippen LogP contribution in [0.5, 0.6) is 0 Å². The summed E-state index contributed by atoms with van der Waals surface area (Å²) >= 11 is 0. The summed E-state index contributed by atoms with van der Waals surface area (Å²) < 4.78 is 5.40. The molecule has 0 fully saturated rings. The molecule has 0 aromatic rings. The summed E-state index contributed by atoms with van der Waals surface area (Å²) in [7, 11) is 0. The number of hydrogen-bond donors (Lipinski definition) is 2. The van der Waals surface area contributed by atoms with Crippen LogP contribution in [0.15, 0.2) is 23.7 Å². The van der Waals surface area contributed by atoms with Crippen LogP contribution in [0.4, 0.5) is 0 Å². The predicted octanol–water partition coefficient (Wildman–Crippen LogP) is 6.11. The van der Waals surface area contributed by atoms with E-state index in [1.165, 1.54) is 30.4 Å². The number of aliphatic hydroxyl groups is 2. The van der Waals surface area contributed by atoms with Gasteiger partial charge in [0.2, 0.25) is 0 Å². The molecule has 0 saturated heterocycles. The molecule has 24 heavy (non-hydrogen) atoms. The monoisotopic (exact) mass is 342 g/mol. The van der Waals surface area contributed by atoms with Crippen molar-refractivity contribution in [3.63, 3.8) is 0 Å². The summed E-state index contributed by atoms with van der Waals surface area (Å²) in [6.07, 6.45) is 16.0. The molecule has 144 valence electrons. The molecular weight excluding hydrogens is 300 g/mol. The number of aliphatic hydroxyl groups excluding tert-OH is 2. The molecule has 0 bridgehead atoms. The molecule has 0 aromatic carbocycles. The largest absolute Gasteiger partial charge is 0.473 e. The topological polar surface area (TPSA) is 49.7 Å². The van der Waals surface area contributed by atoms with Crippen LogP contribution in [-0.2, 0) is 4.74 Å². The second-order valence-corrected chi connectivity index (χ2v) is 6.02. The van der Waals surface area contributed by atoms with E-state index in [2.05, 4.69) is 27.7 Å². The third-order valence-corrected chi connectivity index (χ3v) is 4.10. The average molecular weight is 343 g/mol. The molecule has 0 aliphatic heterocycles. The van der Waals surface area contributed by atoms with Crippen LogP contribution in [0.25, 0.3) is 0 Å². The van der Waals surface area contributed by atoms with E-state index in [0.29, 0.717) is 13.2 Å². The average Bonchev–Trinajstić information content (AvgIpc) is 2.62. The van der Waals surface area contributed by atoms with Gasteiger partial charge in [-0.25, -0.2) is 0 Å². The minimum Gasteiger partial charge on any atom is -0.473 e. The maximum Gasteiger partial charge on any atom is 0.0893 e. The highest BCUT2D eigenvalue weighted by atomic mass is 16.5. The lowest BCUT2D eigenvalue weighted by Crippen LogP contribution is -1.85. The quantitative estimate of drug-likeness (QED) is 0.296. The Labute approximate surface area is 150 Å². The van der Waals surface area contributed by atoms with Crippen molar-refractivity contribution in [2.45, 2.75) is 98.3 Å². The smallest absolute Gasteiger partial charge is 0.0893 e. The molecule has 0 spiro atoms. The van der Waals surface area contributed by atoms with Gasteiger partial charge in [0.15, 0.2) is 0 Å². The zero-order chi connectivity index (χ0) is 18.5. The molecule has 0 radical (unpaired) electrons. The Morgan fingerprint density at radius 3 is 1.12 bits per heavy atom. The maximum atomic E-state index is 8.47. The van der Waals surface area contributed by atoms with Gasteiger partial charge in [0.05, 0.1) is 12.5 Å². The Balaban J connectivity index is 0. The van der Waals surface area contributed by atoms with Crippen LogP contribution in [0, 0.1) is 0 Å². The van der Waals surface area contributed by atoms with Gasteiger partial charge in [0, 0.05) is 13.2 Å². The number of hydrogen-bond acceptors (Lipinski definition) is 3. The van der Waals surface area contributed by atoms with Gasteiger partial charge in [-0.3, -0.25) is 0 Å². The summed E-state index contributed by atoms with van der Waals surface area (Å²) in [5.74, 6) is 0. The lowest BCUT2D eigenvalue weighted by molar-refractivity contribution is 0.278. The van der Waals surface area contributed by atoms with E-state index in [-0.39, 0.29) is 0 Å². The van der Waals surface area contributed by atoms with Crippen LogP contribution in [0.3, 0.4) is 0 Å². The SMILES string of the molecule is CCC(=COC=C(CC)CC)CC.OCCCCCCCCCO. The lowest BCUT2D eigenvalue weighted by Gasteiger charge is -2.01. The molecule has 0 aromatic heterocycles. The zero-order valence-corrected chi connectivity index (χ0v) is 16.6. The van der Waals surface area contributed by atoms with Gasteiger partial charge in [-0.15, -0.1) is 0 Å². The summed E-state index contributed by atoms with van der Waals surface area (Å²) in [5.41, 5.74) is 2.73. The first-order chi connectivity index (χ1) is 11.7. The van der Waals surface area contributed by atoms with Gasteiger partial charge < -0.3 is 14.9 Å². The lowest BCUT2D eigenvalue weighted by atomic mass is 10.1. The van der Waals surface area contributed by atoms with Gasteiger partial charge in [-0.05, 0) is 49.7 Å². The molecule has 3 heteroatoms. The fourth-order valence-electron chi connectivity index (χ4n) is 2.17. The van der Waals surface area contributed by atoms with Gasteiger partial charge >= 0.3 is 0 Å². The minimum atomic E-state index is 0.330. The second-order valence-electron chi connectivity index (χ2n) is 6.02. The molecule has 0 amide bonds. The third-order valence-electron chi connectivity index (χ3n) is 4.10. The van der Waals surface area contributed by atoms with Crippen LogP contribution >= 0.6 is 0 Å². The van der Waals surface area contributed by atoms with Gasteiger partial charge in [0.1, 0.15) is 0 Å². The summed E-state index contributed by atoms with van der Waals surface area (Å²) in [6.45, 7) is 9.28. The molecule has 0 unspecified atom stereocenters. The van der Waals surface area contributed by atoms with E-state index in [1.807, 2.05) is 12.5 Å². The molecule has 0 heterocycles. The molecule has 0 aliphatic carbocycles. The minimum absolute atomic E-state index is 0.330. The van der Waals surface area contributed by atoms with Gasteiger partial charge in [-0.2, -0.15) is 0 Å². The van der Waals surface area contributed by atoms with E-state index >= 15 is 0 Å². The van der Waals surface area contributed by atoms with E-state index in [1.54, 1.807) is 0 Å². The molecule has 0 aliphatic rings. The molecule has 0 saturated carbocycles. The van der Waals surface area contributed by atoms with E-state index in [4.69, 9.17) is 14.9 Å². The molecule has 2 N–H and O–H groups in total. The Morgan fingerprint density at radius 1 is 0.583 bits per heavy atom. The van der Waals surface area contributed by atoms with Crippen molar-refractivity contribution in [3.8, 4) is 0 Å². The van der Waals surface area contributed by atoms with Gasteiger partial charge in [-0.1, -0.05) is 59.8 Å². The highest BCUT2D eigenvalue weighted by Crippen LogP contribution is 2.09. The van der Waals surface area contributed by atoms with Gasteiger partial charge in [0.25, 0.3) is 0 Å². The normalized spacial score (nSPS) is 9.75. The fourth-order valence-corrected chi connectivity index (χ4v) is 2.17. The number of ether oxygens (including phenoxy) is 1. The van der Waals surface area contributed by atoms with Crippen molar-refractivity contribution < 1.29 is 14.9 Å². The van der Waals surface area contributed by atoms with Crippen molar-refractivity contribution in [1.29, 1.82) is 0 Å². The van der Waals surface area contributed by atoms with Crippen molar-refractivity contribution in [2.75, 3.05) is 13.2 Å². The maximum absolute atomic E-state index is 8.47. The van der Waals surface area contributed by atoms with Crippen molar-refractivity contribution in [1.82, 2.24) is 0 Å². The first-order valence-electron chi connectivity index (χ1n) is 9.92. The Kier molecular flexibility index (Phi) is 23.5. The Hall–Kier alpha value is -0.800. The standard InChI is InChI=1S/C12H22O.C9H20O2/c1-5-11(6-2)9-13-10-12(7-3)8-4;10-8-6-4-2-1-3-5-7-9-11/h9-10H,5-8H2,1-4H3;10-11H,1-9H2. The van der Waals surface area contributed by atoms with Crippen molar-refractivity contribution in [2.24, 2.45) is 0 Å². The van der Waals surface area contributed by atoms with Crippen LogP contribution in [-0.4, -0.2) is 23.4 Å². The van der Waals surface area contributed by atoms with E-state index in [9.17, 15) is 0 Å². The first-order valence-corrected chi connectivity index (χ1v) is 9.92. The van der Waals surface area contributed by atoms with Crippen LogP contribution in [0.1, 0.15) is 98.3 Å². The zero-order valence-electron chi connectivity index (χ0n) is 16.6.